The molecular formula is C16H33NS. The van der Waals surface area contributed by atoms with Gasteiger partial charge in [-0.1, -0.05) is 40.5 Å². The van der Waals surface area contributed by atoms with E-state index in [9.17, 15) is 0 Å². The van der Waals surface area contributed by atoms with Crippen LogP contribution in [0.25, 0.3) is 0 Å². The molecule has 2 heteroatoms. The van der Waals surface area contributed by atoms with Crippen molar-refractivity contribution in [2.75, 3.05) is 12.8 Å². The quantitative estimate of drug-likeness (QED) is 0.673. The molecule has 0 aromatic rings. The van der Waals surface area contributed by atoms with Crippen molar-refractivity contribution in [1.29, 1.82) is 0 Å². The van der Waals surface area contributed by atoms with Crippen LogP contribution in [0.4, 0.5) is 0 Å². The highest BCUT2D eigenvalue weighted by Gasteiger charge is 2.36. The van der Waals surface area contributed by atoms with Crippen LogP contribution < -0.4 is 5.32 Å². The molecule has 1 aliphatic rings. The third kappa shape index (κ3) is 4.45. The summed E-state index contributed by atoms with van der Waals surface area (Å²) in [6, 6.07) is 0.746. The van der Waals surface area contributed by atoms with Crippen molar-refractivity contribution in [3.63, 3.8) is 0 Å². The monoisotopic (exact) mass is 271 g/mol. The normalized spacial score (nSPS) is 29.5. The second-order valence-electron chi connectivity index (χ2n) is 6.51. The zero-order valence-electron chi connectivity index (χ0n) is 13.1. The lowest BCUT2D eigenvalue weighted by molar-refractivity contribution is 0.142. The summed E-state index contributed by atoms with van der Waals surface area (Å²) in [5.74, 6) is 2.27. The topological polar surface area (TPSA) is 12.0 Å². The Morgan fingerprint density at radius 2 is 1.94 bits per heavy atom. The summed E-state index contributed by atoms with van der Waals surface area (Å²) in [4.78, 5) is 0. The molecule has 0 amide bonds. The summed E-state index contributed by atoms with van der Waals surface area (Å²) in [5, 5.41) is 4.39. The molecule has 0 aliphatic heterocycles. The van der Waals surface area contributed by atoms with Crippen molar-refractivity contribution in [3.8, 4) is 0 Å². The molecule has 1 saturated carbocycles. The standard InChI is InChI=1S/C16H33NS/c1-6-8-11-18-15-12-13(16(3,4)7-2)9-10-14(15)17-5/h13-15,17H,6-12H2,1-5H3. The SMILES string of the molecule is CCCCSC1CC(C(C)(C)CC)CCC1NC. The fourth-order valence-electron chi connectivity index (χ4n) is 3.02. The molecule has 108 valence electrons. The largest absolute Gasteiger partial charge is 0.316 e. The van der Waals surface area contributed by atoms with Gasteiger partial charge in [-0.3, -0.25) is 0 Å². The van der Waals surface area contributed by atoms with E-state index in [1.807, 2.05) is 0 Å². The smallest absolute Gasteiger partial charge is 0.0203 e. The maximum absolute atomic E-state index is 3.55. The number of hydrogen-bond donors (Lipinski definition) is 1. The van der Waals surface area contributed by atoms with Crippen molar-refractivity contribution in [3.05, 3.63) is 0 Å². The van der Waals surface area contributed by atoms with E-state index in [0.29, 0.717) is 5.41 Å². The molecule has 0 saturated heterocycles. The van der Waals surface area contributed by atoms with Crippen LogP contribution in [0.5, 0.6) is 0 Å². The minimum Gasteiger partial charge on any atom is -0.316 e. The fraction of sp³-hybridized carbons (Fsp3) is 1.00. The van der Waals surface area contributed by atoms with E-state index in [0.717, 1.165) is 17.2 Å². The Labute approximate surface area is 119 Å². The zero-order valence-corrected chi connectivity index (χ0v) is 13.9. The van der Waals surface area contributed by atoms with E-state index in [-0.39, 0.29) is 0 Å². The summed E-state index contributed by atoms with van der Waals surface area (Å²) < 4.78 is 0. The second kappa shape index (κ2) is 7.79. The maximum Gasteiger partial charge on any atom is 0.0203 e. The molecule has 3 unspecified atom stereocenters. The lowest BCUT2D eigenvalue weighted by Gasteiger charge is -2.43. The Hall–Kier alpha value is 0.310. The van der Waals surface area contributed by atoms with Crippen LogP contribution >= 0.6 is 11.8 Å². The van der Waals surface area contributed by atoms with Crippen LogP contribution in [0.2, 0.25) is 0 Å². The summed E-state index contributed by atoms with van der Waals surface area (Å²) in [6.07, 6.45) is 8.22. The molecule has 0 aromatic heterocycles. The molecule has 0 bridgehead atoms. The Kier molecular flexibility index (Phi) is 7.08. The van der Waals surface area contributed by atoms with Gasteiger partial charge in [-0.2, -0.15) is 11.8 Å². The Morgan fingerprint density at radius 1 is 1.22 bits per heavy atom. The first-order chi connectivity index (χ1) is 8.55. The van der Waals surface area contributed by atoms with Gasteiger partial charge in [0.2, 0.25) is 0 Å². The molecule has 0 radical (unpaired) electrons. The third-order valence-corrected chi connectivity index (χ3v) is 6.48. The van der Waals surface area contributed by atoms with Crippen LogP contribution in [-0.2, 0) is 0 Å². The number of hydrogen-bond acceptors (Lipinski definition) is 2. The minimum absolute atomic E-state index is 0.530. The van der Waals surface area contributed by atoms with E-state index >= 15 is 0 Å². The zero-order chi connectivity index (χ0) is 13.6. The van der Waals surface area contributed by atoms with Gasteiger partial charge in [-0.05, 0) is 49.8 Å². The van der Waals surface area contributed by atoms with Gasteiger partial charge in [0.25, 0.3) is 0 Å². The molecule has 1 nitrogen and oxygen atoms in total. The number of thioether (sulfide) groups is 1. The number of rotatable bonds is 7. The van der Waals surface area contributed by atoms with E-state index in [4.69, 9.17) is 0 Å². The van der Waals surface area contributed by atoms with E-state index in [1.165, 1.54) is 44.3 Å². The molecule has 1 rings (SSSR count). The Morgan fingerprint density at radius 3 is 2.50 bits per heavy atom. The average Bonchev–Trinajstić information content (AvgIpc) is 2.39. The van der Waals surface area contributed by atoms with Gasteiger partial charge in [0, 0.05) is 11.3 Å². The highest BCUT2D eigenvalue weighted by Crippen LogP contribution is 2.43. The molecule has 3 atom stereocenters. The van der Waals surface area contributed by atoms with Gasteiger partial charge in [0.1, 0.15) is 0 Å². The van der Waals surface area contributed by atoms with E-state index in [1.54, 1.807) is 0 Å². The third-order valence-electron chi connectivity index (χ3n) is 5.01. The molecule has 0 heterocycles. The van der Waals surface area contributed by atoms with Crippen molar-refractivity contribution in [2.24, 2.45) is 11.3 Å². The van der Waals surface area contributed by atoms with Crippen LogP contribution in [0.15, 0.2) is 0 Å². The summed E-state index contributed by atoms with van der Waals surface area (Å²) in [6.45, 7) is 9.57. The average molecular weight is 272 g/mol. The molecule has 1 fully saturated rings. The molecule has 0 spiro atoms. The highest BCUT2D eigenvalue weighted by molar-refractivity contribution is 7.99. The summed E-state index contributed by atoms with van der Waals surface area (Å²) in [5.41, 5.74) is 0.530. The van der Waals surface area contributed by atoms with Gasteiger partial charge in [0.05, 0.1) is 0 Å². The first-order valence-corrected chi connectivity index (χ1v) is 8.88. The number of nitrogens with one attached hydrogen (secondary N) is 1. The summed E-state index contributed by atoms with van der Waals surface area (Å²) in [7, 11) is 2.14. The molecule has 1 N–H and O–H groups in total. The van der Waals surface area contributed by atoms with E-state index in [2.05, 4.69) is 51.8 Å². The highest BCUT2D eigenvalue weighted by atomic mass is 32.2. The van der Waals surface area contributed by atoms with Gasteiger partial charge in [-0.25, -0.2) is 0 Å². The predicted molar refractivity (Wildman–Crippen MR) is 85.4 cm³/mol. The van der Waals surface area contributed by atoms with Gasteiger partial charge >= 0.3 is 0 Å². The van der Waals surface area contributed by atoms with Crippen molar-refractivity contribution in [2.45, 2.75) is 77.5 Å². The fourth-order valence-corrected chi connectivity index (χ4v) is 4.65. The minimum atomic E-state index is 0.530. The molecular weight excluding hydrogens is 238 g/mol. The Bertz CT molecular complexity index is 227. The molecule has 18 heavy (non-hydrogen) atoms. The Balaban J connectivity index is 2.54. The van der Waals surface area contributed by atoms with Gasteiger partial charge < -0.3 is 5.32 Å². The molecule has 1 aliphatic carbocycles. The van der Waals surface area contributed by atoms with Crippen LogP contribution in [0.1, 0.15) is 66.2 Å². The first kappa shape index (κ1) is 16.4. The van der Waals surface area contributed by atoms with Crippen molar-refractivity contribution >= 4 is 11.8 Å². The van der Waals surface area contributed by atoms with E-state index < -0.39 is 0 Å². The number of unbranched alkanes of at least 4 members (excludes halogenated alkanes) is 1. The van der Waals surface area contributed by atoms with Crippen molar-refractivity contribution < 1.29 is 0 Å². The lowest BCUT2D eigenvalue weighted by Crippen LogP contribution is -2.43. The second-order valence-corrected chi connectivity index (χ2v) is 7.86. The first-order valence-electron chi connectivity index (χ1n) is 7.84. The predicted octanol–water partition coefficient (Wildman–Crippen LogP) is 4.71. The van der Waals surface area contributed by atoms with Crippen LogP contribution in [0.3, 0.4) is 0 Å². The lowest BCUT2D eigenvalue weighted by atomic mass is 9.68. The van der Waals surface area contributed by atoms with Crippen molar-refractivity contribution in [1.82, 2.24) is 5.32 Å². The van der Waals surface area contributed by atoms with Crippen LogP contribution in [0, 0.1) is 11.3 Å². The maximum atomic E-state index is 3.55. The van der Waals surface area contributed by atoms with Crippen LogP contribution in [-0.4, -0.2) is 24.1 Å². The van der Waals surface area contributed by atoms with Gasteiger partial charge in [-0.15, -0.1) is 0 Å². The van der Waals surface area contributed by atoms with Gasteiger partial charge in [0.15, 0.2) is 0 Å². The molecule has 0 aromatic carbocycles. The summed E-state index contributed by atoms with van der Waals surface area (Å²) >= 11 is 2.22.